The molecule has 4 aromatic rings. The van der Waals surface area contributed by atoms with Crippen LogP contribution in [0.2, 0.25) is 0 Å². The molecule has 0 radical (unpaired) electrons. The van der Waals surface area contributed by atoms with E-state index in [0.29, 0.717) is 5.56 Å². The Balaban J connectivity index is 1.96. The van der Waals surface area contributed by atoms with Crippen LogP contribution in [-0.4, -0.2) is 14.6 Å². The summed E-state index contributed by atoms with van der Waals surface area (Å²) in [5.41, 5.74) is 0.638. The highest BCUT2D eigenvalue weighted by molar-refractivity contribution is 7.07. The van der Waals surface area contributed by atoms with Gasteiger partial charge < -0.3 is 4.43 Å². The zero-order valence-corrected chi connectivity index (χ0v) is 16.4. The SMILES string of the molecule is O=Cc1ccc(O[Si](c2ccccc2)(c2ccccc2)c2ccccc2)cc1. The fourth-order valence-corrected chi connectivity index (χ4v) is 7.32. The minimum absolute atomic E-state index is 0.638. The molecule has 0 aliphatic carbocycles. The molecule has 0 spiro atoms. The van der Waals surface area contributed by atoms with Crippen molar-refractivity contribution in [3.8, 4) is 5.75 Å². The number of rotatable bonds is 6. The number of hydrogen-bond acceptors (Lipinski definition) is 2. The molecule has 0 saturated carbocycles. The average Bonchev–Trinajstić information content (AvgIpc) is 2.80. The fourth-order valence-electron chi connectivity index (χ4n) is 3.49. The number of hydrogen-bond donors (Lipinski definition) is 0. The topological polar surface area (TPSA) is 26.3 Å². The predicted molar refractivity (Wildman–Crippen MR) is 116 cm³/mol. The molecule has 4 rings (SSSR count). The van der Waals surface area contributed by atoms with Crippen LogP contribution in [0.5, 0.6) is 5.75 Å². The number of benzene rings is 4. The van der Waals surface area contributed by atoms with Gasteiger partial charge in [0, 0.05) is 5.56 Å². The largest absolute Gasteiger partial charge is 0.530 e. The molecule has 0 fully saturated rings. The van der Waals surface area contributed by atoms with Gasteiger partial charge in [0.05, 0.1) is 0 Å². The highest BCUT2D eigenvalue weighted by Gasteiger charge is 2.43. The standard InChI is InChI=1S/C25H20O2Si/c26-20-21-16-18-22(19-17-21)27-28(23-10-4-1-5-11-23,24-12-6-2-7-13-24)25-14-8-3-9-15-25/h1-20H. The van der Waals surface area contributed by atoms with E-state index in [1.165, 1.54) is 15.6 Å². The van der Waals surface area contributed by atoms with Crippen molar-refractivity contribution in [2.75, 3.05) is 0 Å². The lowest BCUT2D eigenvalue weighted by molar-refractivity contribution is 0.112. The van der Waals surface area contributed by atoms with Gasteiger partial charge in [-0.05, 0) is 39.8 Å². The lowest BCUT2D eigenvalue weighted by Gasteiger charge is -2.33. The van der Waals surface area contributed by atoms with Crippen LogP contribution in [0.3, 0.4) is 0 Å². The molecule has 0 N–H and O–H groups in total. The minimum atomic E-state index is -2.78. The van der Waals surface area contributed by atoms with E-state index in [-0.39, 0.29) is 0 Å². The van der Waals surface area contributed by atoms with Gasteiger partial charge in [0.2, 0.25) is 0 Å². The second kappa shape index (κ2) is 8.07. The van der Waals surface area contributed by atoms with Gasteiger partial charge in [-0.3, -0.25) is 4.79 Å². The second-order valence-electron chi connectivity index (χ2n) is 6.57. The molecule has 4 aromatic carbocycles. The van der Waals surface area contributed by atoms with Crippen molar-refractivity contribution in [3.05, 3.63) is 121 Å². The molecule has 0 aromatic heterocycles. The molecule has 0 bridgehead atoms. The van der Waals surface area contributed by atoms with Gasteiger partial charge in [-0.15, -0.1) is 0 Å². The Morgan fingerprint density at radius 1 is 0.536 bits per heavy atom. The maximum absolute atomic E-state index is 11.0. The molecule has 3 heteroatoms. The van der Waals surface area contributed by atoms with E-state index in [9.17, 15) is 4.79 Å². The molecule has 0 unspecified atom stereocenters. The summed E-state index contributed by atoms with van der Waals surface area (Å²) in [5.74, 6) is 0.758. The molecule has 0 aliphatic rings. The zero-order valence-electron chi connectivity index (χ0n) is 15.4. The molecule has 0 heterocycles. The molecule has 28 heavy (non-hydrogen) atoms. The lowest BCUT2D eigenvalue weighted by atomic mass is 10.2. The van der Waals surface area contributed by atoms with Gasteiger partial charge in [-0.25, -0.2) is 0 Å². The van der Waals surface area contributed by atoms with Crippen molar-refractivity contribution in [1.82, 2.24) is 0 Å². The van der Waals surface area contributed by atoms with Crippen molar-refractivity contribution < 1.29 is 9.22 Å². The van der Waals surface area contributed by atoms with Crippen LogP contribution >= 0.6 is 0 Å². The van der Waals surface area contributed by atoms with Gasteiger partial charge in [0.25, 0.3) is 0 Å². The van der Waals surface area contributed by atoms with Crippen molar-refractivity contribution in [2.24, 2.45) is 0 Å². The number of carbonyl (C=O) groups excluding carboxylic acids is 1. The summed E-state index contributed by atoms with van der Waals surface area (Å²) < 4.78 is 6.88. The van der Waals surface area contributed by atoms with Crippen molar-refractivity contribution in [1.29, 1.82) is 0 Å². The van der Waals surface area contributed by atoms with E-state index in [2.05, 4.69) is 72.8 Å². The normalized spacial score (nSPS) is 11.0. The molecule has 2 nitrogen and oxygen atoms in total. The van der Waals surface area contributed by atoms with Crippen LogP contribution in [0.1, 0.15) is 10.4 Å². The van der Waals surface area contributed by atoms with Crippen LogP contribution in [0.25, 0.3) is 0 Å². The first-order valence-corrected chi connectivity index (χ1v) is 11.1. The fraction of sp³-hybridized carbons (Fsp3) is 0. The van der Waals surface area contributed by atoms with E-state index in [4.69, 9.17) is 4.43 Å². The maximum atomic E-state index is 11.0. The summed E-state index contributed by atoms with van der Waals surface area (Å²) in [6.07, 6.45) is 0.847. The van der Waals surface area contributed by atoms with Gasteiger partial charge in [0.15, 0.2) is 0 Å². The van der Waals surface area contributed by atoms with E-state index >= 15 is 0 Å². The quantitative estimate of drug-likeness (QED) is 0.291. The van der Waals surface area contributed by atoms with Gasteiger partial charge in [-0.1, -0.05) is 91.0 Å². The van der Waals surface area contributed by atoms with Gasteiger partial charge in [0.1, 0.15) is 12.0 Å². The molecular formula is C25H20O2Si. The number of carbonyl (C=O) groups is 1. The molecule has 0 aliphatic heterocycles. The highest BCUT2D eigenvalue weighted by Crippen LogP contribution is 2.18. The Labute approximate surface area is 166 Å². The molecule has 136 valence electrons. The minimum Gasteiger partial charge on any atom is -0.530 e. The van der Waals surface area contributed by atoms with E-state index in [0.717, 1.165) is 12.0 Å². The summed E-state index contributed by atoms with van der Waals surface area (Å²) in [4.78, 5) is 11.0. The van der Waals surface area contributed by atoms with Crippen molar-refractivity contribution >= 4 is 30.2 Å². The summed E-state index contributed by atoms with van der Waals surface area (Å²) >= 11 is 0. The summed E-state index contributed by atoms with van der Waals surface area (Å²) in [7, 11) is -2.78. The van der Waals surface area contributed by atoms with Gasteiger partial charge >= 0.3 is 8.32 Å². The smallest absolute Gasteiger partial charge is 0.346 e. The summed E-state index contributed by atoms with van der Waals surface area (Å²) in [5, 5.41) is 3.52. The van der Waals surface area contributed by atoms with E-state index in [1.54, 1.807) is 12.1 Å². The highest BCUT2D eigenvalue weighted by atomic mass is 28.4. The molecular weight excluding hydrogens is 360 g/mol. The second-order valence-corrected chi connectivity index (χ2v) is 9.87. The Kier molecular flexibility index (Phi) is 5.17. The molecule has 0 atom stereocenters. The first-order chi connectivity index (χ1) is 13.8. The Morgan fingerprint density at radius 2 is 0.929 bits per heavy atom. The maximum Gasteiger partial charge on any atom is 0.346 e. The number of aldehydes is 1. The van der Waals surface area contributed by atoms with Crippen LogP contribution < -0.4 is 20.0 Å². The van der Waals surface area contributed by atoms with Crippen LogP contribution in [0.15, 0.2) is 115 Å². The van der Waals surface area contributed by atoms with Crippen LogP contribution in [0.4, 0.5) is 0 Å². The first-order valence-electron chi connectivity index (χ1n) is 9.24. The third-order valence-electron chi connectivity index (χ3n) is 4.83. The summed E-state index contributed by atoms with van der Waals surface area (Å²) in [6, 6.07) is 38.6. The van der Waals surface area contributed by atoms with Crippen LogP contribution in [-0.2, 0) is 0 Å². The molecule has 0 saturated heterocycles. The average molecular weight is 381 g/mol. The summed E-state index contributed by atoms with van der Waals surface area (Å²) in [6.45, 7) is 0. The Bertz CT molecular complexity index is 933. The van der Waals surface area contributed by atoms with Crippen molar-refractivity contribution in [3.63, 3.8) is 0 Å². The zero-order chi connectivity index (χ0) is 19.2. The third-order valence-corrected chi connectivity index (χ3v) is 8.81. The Hall–Kier alpha value is -3.43. The van der Waals surface area contributed by atoms with E-state index in [1.807, 2.05) is 30.3 Å². The monoisotopic (exact) mass is 380 g/mol. The lowest BCUT2D eigenvalue weighted by Crippen LogP contribution is -2.71. The van der Waals surface area contributed by atoms with Crippen LogP contribution in [0, 0.1) is 0 Å². The van der Waals surface area contributed by atoms with Crippen molar-refractivity contribution in [2.45, 2.75) is 0 Å². The molecule has 0 amide bonds. The van der Waals surface area contributed by atoms with E-state index < -0.39 is 8.32 Å². The predicted octanol–water partition coefficient (Wildman–Crippen LogP) is 3.55. The van der Waals surface area contributed by atoms with Gasteiger partial charge in [-0.2, -0.15) is 0 Å². The first kappa shape index (κ1) is 18.0. The third kappa shape index (κ3) is 3.40. The Morgan fingerprint density at radius 3 is 1.29 bits per heavy atom.